The van der Waals surface area contributed by atoms with Crippen molar-refractivity contribution in [1.29, 1.82) is 10.5 Å². The molecule has 0 aliphatic carbocycles. The van der Waals surface area contributed by atoms with Crippen molar-refractivity contribution in [3.63, 3.8) is 0 Å². The van der Waals surface area contributed by atoms with E-state index in [-0.39, 0.29) is 25.9 Å². The van der Waals surface area contributed by atoms with Crippen LogP contribution in [-0.2, 0) is 9.53 Å². The van der Waals surface area contributed by atoms with E-state index in [2.05, 4.69) is 4.98 Å². The first-order chi connectivity index (χ1) is 12.6. The van der Waals surface area contributed by atoms with Gasteiger partial charge in [-0.15, -0.1) is 22.7 Å². The summed E-state index contributed by atoms with van der Waals surface area (Å²) in [4.78, 5) is 31.5. The van der Waals surface area contributed by atoms with Gasteiger partial charge in [0.15, 0.2) is 6.61 Å². The Kier molecular flexibility index (Phi) is 7.27. The number of carbonyl (C=O) groups excluding carboxylic acids is 2. The minimum absolute atomic E-state index is 0.156. The number of esters is 1. The number of thiophene rings is 1. The van der Waals surface area contributed by atoms with Crippen LogP contribution in [0.15, 0.2) is 17.5 Å². The van der Waals surface area contributed by atoms with Crippen LogP contribution < -0.4 is 0 Å². The van der Waals surface area contributed by atoms with Crippen molar-refractivity contribution < 1.29 is 14.3 Å². The molecule has 0 aliphatic rings. The van der Waals surface area contributed by atoms with Crippen molar-refractivity contribution in [2.24, 2.45) is 0 Å². The highest BCUT2D eigenvalue weighted by Crippen LogP contribution is 2.31. The first-order valence-electron chi connectivity index (χ1n) is 7.77. The van der Waals surface area contributed by atoms with Crippen molar-refractivity contribution in [3.8, 4) is 22.0 Å². The van der Waals surface area contributed by atoms with Gasteiger partial charge >= 0.3 is 5.97 Å². The van der Waals surface area contributed by atoms with E-state index in [9.17, 15) is 9.59 Å². The number of ether oxygens (including phenoxy) is 1. The second-order valence-electron chi connectivity index (χ2n) is 5.18. The van der Waals surface area contributed by atoms with Crippen LogP contribution in [0.1, 0.15) is 28.2 Å². The smallest absolute Gasteiger partial charge is 0.350 e. The second kappa shape index (κ2) is 9.66. The van der Waals surface area contributed by atoms with Gasteiger partial charge in [0, 0.05) is 13.1 Å². The maximum absolute atomic E-state index is 12.3. The predicted molar refractivity (Wildman–Crippen MR) is 97.5 cm³/mol. The topological polar surface area (TPSA) is 107 Å². The van der Waals surface area contributed by atoms with Gasteiger partial charge in [0.1, 0.15) is 9.88 Å². The number of amides is 1. The summed E-state index contributed by atoms with van der Waals surface area (Å²) in [5.74, 6) is -1.03. The molecular formula is C17H16N4O3S2. The Hall–Kier alpha value is -2.75. The average molecular weight is 388 g/mol. The molecule has 2 rings (SSSR count). The lowest BCUT2D eigenvalue weighted by Gasteiger charge is -2.19. The number of thiazole rings is 1. The Balaban J connectivity index is 1.98. The summed E-state index contributed by atoms with van der Waals surface area (Å²) in [5.41, 5.74) is 0.557. The van der Waals surface area contributed by atoms with Crippen LogP contribution in [0.5, 0.6) is 0 Å². The maximum Gasteiger partial charge on any atom is 0.350 e. The fourth-order valence-electron chi connectivity index (χ4n) is 2.11. The zero-order valence-electron chi connectivity index (χ0n) is 14.1. The van der Waals surface area contributed by atoms with Crippen LogP contribution in [0.25, 0.3) is 9.88 Å². The number of nitriles is 2. The molecule has 26 heavy (non-hydrogen) atoms. The Morgan fingerprint density at radius 2 is 1.96 bits per heavy atom. The van der Waals surface area contributed by atoms with E-state index in [0.29, 0.717) is 10.6 Å². The third kappa shape index (κ3) is 5.12. The molecule has 2 heterocycles. The molecule has 0 aromatic carbocycles. The zero-order valence-corrected chi connectivity index (χ0v) is 15.7. The van der Waals surface area contributed by atoms with Gasteiger partial charge in [0.05, 0.1) is 35.6 Å². The van der Waals surface area contributed by atoms with Gasteiger partial charge < -0.3 is 9.64 Å². The van der Waals surface area contributed by atoms with Crippen LogP contribution in [-0.4, -0.2) is 41.5 Å². The SMILES string of the molecule is Cc1nc(-c2cccs2)sc1C(=O)OCC(=O)N(CCC#N)CCC#N. The summed E-state index contributed by atoms with van der Waals surface area (Å²) < 4.78 is 5.12. The quantitative estimate of drug-likeness (QED) is 0.643. The number of rotatable bonds is 8. The summed E-state index contributed by atoms with van der Waals surface area (Å²) in [7, 11) is 0. The first kappa shape index (κ1) is 19.6. The van der Waals surface area contributed by atoms with Gasteiger partial charge in [-0.25, -0.2) is 9.78 Å². The van der Waals surface area contributed by atoms with Crippen molar-refractivity contribution >= 4 is 34.6 Å². The van der Waals surface area contributed by atoms with Crippen LogP contribution in [0.4, 0.5) is 0 Å². The van der Waals surface area contributed by atoms with E-state index in [1.165, 1.54) is 27.6 Å². The summed E-state index contributed by atoms with van der Waals surface area (Å²) in [6.07, 6.45) is 0.312. The standard InChI is InChI=1S/C17H16N4O3S2/c1-12-15(26-16(20-12)13-5-2-10-25-13)17(23)24-11-14(22)21(8-3-6-18)9-4-7-19/h2,5,10H,3-4,8-9,11H2,1H3. The van der Waals surface area contributed by atoms with Crippen molar-refractivity contribution in [1.82, 2.24) is 9.88 Å². The molecule has 0 radical (unpaired) electrons. The zero-order chi connectivity index (χ0) is 18.9. The van der Waals surface area contributed by atoms with Gasteiger partial charge in [-0.2, -0.15) is 10.5 Å². The second-order valence-corrected chi connectivity index (χ2v) is 7.13. The third-order valence-electron chi connectivity index (χ3n) is 3.38. The number of hydrogen-bond acceptors (Lipinski definition) is 8. The summed E-state index contributed by atoms with van der Waals surface area (Å²) in [6, 6.07) is 7.73. The average Bonchev–Trinajstić information content (AvgIpc) is 3.29. The highest BCUT2D eigenvalue weighted by Gasteiger charge is 2.20. The van der Waals surface area contributed by atoms with E-state index in [0.717, 1.165) is 9.88 Å². The molecule has 0 saturated heterocycles. The van der Waals surface area contributed by atoms with Crippen molar-refractivity contribution in [3.05, 3.63) is 28.1 Å². The van der Waals surface area contributed by atoms with Gasteiger partial charge in [-0.05, 0) is 18.4 Å². The summed E-state index contributed by atoms with van der Waals surface area (Å²) >= 11 is 2.76. The Bertz CT molecular complexity index is 828. The molecule has 134 valence electrons. The molecule has 1 amide bonds. The van der Waals surface area contributed by atoms with E-state index < -0.39 is 18.5 Å². The lowest BCUT2D eigenvalue weighted by molar-refractivity contribution is -0.134. The minimum atomic E-state index is -0.600. The van der Waals surface area contributed by atoms with Gasteiger partial charge in [-0.1, -0.05) is 6.07 Å². The van der Waals surface area contributed by atoms with Crippen molar-refractivity contribution in [2.45, 2.75) is 19.8 Å². The predicted octanol–water partition coefficient (Wildman–Crippen LogP) is 2.99. The molecule has 0 unspecified atom stereocenters. The number of hydrogen-bond donors (Lipinski definition) is 0. The van der Waals surface area contributed by atoms with Gasteiger partial charge in [0.25, 0.3) is 5.91 Å². The summed E-state index contributed by atoms with van der Waals surface area (Å²) in [6.45, 7) is 1.70. The fourth-order valence-corrected chi connectivity index (χ4v) is 3.86. The molecule has 0 aliphatic heterocycles. The third-order valence-corrected chi connectivity index (χ3v) is 5.56. The fraction of sp³-hybridized carbons (Fsp3) is 0.353. The lowest BCUT2D eigenvalue weighted by Crippen LogP contribution is -2.36. The minimum Gasteiger partial charge on any atom is -0.451 e. The van der Waals surface area contributed by atoms with Crippen LogP contribution in [0.3, 0.4) is 0 Å². The van der Waals surface area contributed by atoms with E-state index in [1.54, 1.807) is 6.92 Å². The first-order valence-corrected chi connectivity index (χ1v) is 9.46. The Labute approximate surface area is 159 Å². The normalized spacial score (nSPS) is 9.96. The molecular weight excluding hydrogens is 372 g/mol. The molecule has 0 bridgehead atoms. The molecule has 0 fully saturated rings. The largest absolute Gasteiger partial charge is 0.451 e. The molecule has 0 atom stereocenters. The summed E-state index contributed by atoms with van der Waals surface area (Å²) in [5, 5.41) is 20.0. The van der Waals surface area contributed by atoms with Gasteiger partial charge in [0.2, 0.25) is 0 Å². The Morgan fingerprint density at radius 3 is 2.54 bits per heavy atom. The highest BCUT2D eigenvalue weighted by atomic mass is 32.1. The molecule has 2 aromatic rings. The molecule has 0 N–H and O–H groups in total. The van der Waals surface area contributed by atoms with Crippen molar-refractivity contribution in [2.75, 3.05) is 19.7 Å². The molecule has 2 aromatic heterocycles. The molecule has 9 heteroatoms. The van der Waals surface area contributed by atoms with Crippen LogP contribution in [0, 0.1) is 29.6 Å². The maximum atomic E-state index is 12.3. The van der Waals surface area contributed by atoms with E-state index in [1.807, 2.05) is 29.7 Å². The van der Waals surface area contributed by atoms with Gasteiger partial charge in [-0.3, -0.25) is 4.79 Å². The number of aromatic nitrogens is 1. The molecule has 0 spiro atoms. The number of aryl methyl sites for hydroxylation is 1. The molecule has 0 saturated carbocycles. The van der Waals surface area contributed by atoms with Crippen LogP contribution in [0.2, 0.25) is 0 Å². The number of nitrogens with zero attached hydrogens (tertiary/aromatic N) is 4. The lowest BCUT2D eigenvalue weighted by atomic mass is 10.3. The highest BCUT2D eigenvalue weighted by molar-refractivity contribution is 7.22. The van der Waals surface area contributed by atoms with E-state index >= 15 is 0 Å². The number of carbonyl (C=O) groups is 2. The van der Waals surface area contributed by atoms with E-state index in [4.69, 9.17) is 15.3 Å². The molecule has 7 nitrogen and oxygen atoms in total. The van der Waals surface area contributed by atoms with Crippen LogP contribution >= 0.6 is 22.7 Å². The Morgan fingerprint density at radius 1 is 1.27 bits per heavy atom. The monoisotopic (exact) mass is 388 g/mol.